The number of carbonyl (C=O) groups is 1. The van der Waals surface area contributed by atoms with Gasteiger partial charge in [-0.1, -0.05) is 77.3 Å². The number of amides is 1. The van der Waals surface area contributed by atoms with Crippen LogP contribution >= 0.6 is 15.9 Å². The number of benzene rings is 2. The average Bonchev–Trinajstić information content (AvgIpc) is 3.83. The Bertz CT molecular complexity index is 1710. The van der Waals surface area contributed by atoms with Crippen molar-refractivity contribution in [3.8, 4) is 11.1 Å². The summed E-state index contributed by atoms with van der Waals surface area (Å²) >= 11 is 3.66. The van der Waals surface area contributed by atoms with Crippen LogP contribution in [-0.4, -0.2) is 38.2 Å². The Balaban J connectivity index is 1.52. The van der Waals surface area contributed by atoms with Gasteiger partial charge >= 0.3 is 0 Å². The Labute approximate surface area is 281 Å². The Morgan fingerprint density at radius 2 is 1.93 bits per heavy atom. The lowest BCUT2D eigenvalue weighted by Crippen LogP contribution is -2.34. The van der Waals surface area contributed by atoms with Gasteiger partial charge in [0.2, 0.25) is 5.91 Å². The highest BCUT2D eigenvalue weighted by molar-refractivity contribution is 9.08. The van der Waals surface area contributed by atoms with Crippen LogP contribution in [0.25, 0.3) is 11.1 Å². The van der Waals surface area contributed by atoms with Crippen molar-refractivity contribution in [3.05, 3.63) is 82.4 Å². The standard InChI is InChI=1S/C36H44BrN3O5S/c1-4-5-13-30-14-9-7-6-8-10-17-34(41)39(30)24-27-18-21-31(29(22-27)23-37)32-15-11-12-16-33(32)46(42,43)40(25-44-3)36-35(28-19-20-28)26(2)45-38-36/h9,11-12,15-16,18,21-22,28H,4-8,10,13,17,19-20,23-25H2,1-3H3. The van der Waals surface area contributed by atoms with Crippen LogP contribution in [0.5, 0.6) is 0 Å². The molecule has 1 aliphatic heterocycles. The van der Waals surface area contributed by atoms with Crippen LogP contribution in [-0.2, 0) is 31.4 Å². The van der Waals surface area contributed by atoms with E-state index in [1.54, 1.807) is 12.1 Å². The molecular weight excluding hydrogens is 666 g/mol. The molecule has 1 amide bonds. The number of hydrogen-bond donors (Lipinski definition) is 0. The third-order valence-electron chi connectivity index (χ3n) is 8.66. The predicted molar refractivity (Wildman–Crippen MR) is 184 cm³/mol. The number of aromatic nitrogens is 1. The zero-order valence-corrected chi connectivity index (χ0v) is 29.5. The molecule has 1 fully saturated rings. The van der Waals surface area contributed by atoms with Crippen LogP contribution in [0.15, 0.2) is 69.4 Å². The maximum absolute atomic E-state index is 14.4. The van der Waals surface area contributed by atoms with E-state index in [0.29, 0.717) is 29.6 Å². The van der Waals surface area contributed by atoms with E-state index in [2.05, 4.69) is 45.9 Å². The van der Waals surface area contributed by atoms with Gasteiger partial charge < -0.3 is 14.2 Å². The molecule has 0 saturated heterocycles. The summed E-state index contributed by atoms with van der Waals surface area (Å²) < 4.78 is 40.9. The lowest BCUT2D eigenvalue weighted by atomic mass is 9.98. The van der Waals surface area contributed by atoms with Gasteiger partial charge in [0.05, 0.1) is 17.1 Å². The molecule has 0 radical (unpaired) electrons. The molecule has 2 aliphatic rings. The molecule has 1 saturated carbocycles. The first kappa shape index (κ1) is 34.2. The second-order valence-corrected chi connectivity index (χ2v) is 14.5. The summed E-state index contributed by atoms with van der Waals surface area (Å²) in [5.74, 6) is 1.28. The zero-order chi connectivity index (χ0) is 32.7. The van der Waals surface area contributed by atoms with Gasteiger partial charge in [0.1, 0.15) is 12.5 Å². The van der Waals surface area contributed by atoms with E-state index in [4.69, 9.17) is 9.26 Å². The molecule has 0 atom stereocenters. The molecule has 1 aliphatic carbocycles. The van der Waals surface area contributed by atoms with Crippen LogP contribution < -0.4 is 4.31 Å². The van der Waals surface area contributed by atoms with Crippen LogP contribution in [0.1, 0.15) is 99.5 Å². The highest BCUT2D eigenvalue weighted by Gasteiger charge is 2.38. The summed E-state index contributed by atoms with van der Waals surface area (Å²) in [6, 6.07) is 13.1. The fourth-order valence-corrected chi connectivity index (χ4v) is 8.08. The van der Waals surface area contributed by atoms with Gasteiger partial charge in [-0.15, -0.1) is 5.73 Å². The quantitative estimate of drug-likeness (QED) is 0.100. The number of hydrogen-bond acceptors (Lipinski definition) is 6. The van der Waals surface area contributed by atoms with Crippen molar-refractivity contribution in [2.24, 2.45) is 0 Å². The summed E-state index contributed by atoms with van der Waals surface area (Å²) in [6.07, 6.45) is 11.4. The molecule has 8 nitrogen and oxygen atoms in total. The molecule has 5 rings (SSSR count). The van der Waals surface area contributed by atoms with E-state index in [0.717, 1.165) is 85.7 Å². The molecular formula is C36H44BrN3O5S. The predicted octanol–water partition coefficient (Wildman–Crippen LogP) is 8.74. The third kappa shape index (κ3) is 7.68. The summed E-state index contributed by atoms with van der Waals surface area (Å²) in [4.78, 5) is 15.5. The lowest BCUT2D eigenvalue weighted by Gasteiger charge is -2.26. The molecule has 46 heavy (non-hydrogen) atoms. The van der Waals surface area contributed by atoms with Crippen LogP contribution in [0.2, 0.25) is 0 Å². The maximum atomic E-state index is 14.4. The van der Waals surface area contributed by atoms with Crippen molar-refractivity contribution >= 4 is 37.7 Å². The van der Waals surface area contributed by atoms with Crippen LogP contribution in [0.4, 0.5) is 5.82 Å². The van der Waals surface area contributed by atoms with E-state index in [9.17, 15) is 13.2 Å². The lowest BCUT2D eigenvalue weighted by molar-refractivity contribution is -0.130. The number of sulfonamides is 1. The molecule has 0 unspecified atom stereocenters. The van der Waals surface area contributed by atoms with Gasteiger partial charge in [-0.2, -0.15) is 0 Å². The van der Waals surface area contributed by atoms with E-state index in [1.165, 1.54) is 11.4 Å². The van der Waals surface area contributed by atoms with Crippen molar-refractivity contribution < 1.29 is 22.5 Å². The zero-order valence-electron chi connectivity index (χ0n) is 27.1. The molecule has 0 bridgehead atoms. The highest BCUT2D eigenvalue weighted by atomic mass is 79.9. The Hall–Kier alpha value is -3.17. The minimum atomic E-state index is -4.10. The van der Waals surface area contributed by atoms with E-state index < -0.39 is 10.0 Å². The molecule has 3 aromatic rings. The van der Waals surface area contributed by atoms with Crippen molar-refractivity contribution in [2.45, 2.75) is 101 Å². The van der Waals surface area contributed by atoms with Gasteiger partial charge in [-0.3, -0.25) is 4.79 Å². The largest absolute Gasteiger partial charge is 0.363 e. The van der Waals surface area contributed by atoms with E-state index in [1.807, 2.05) is 36.1 Å². The highest BCUT2D eigenvalue weighted by Crippen LogP contribution is 2.47. The monoisotopic (exact) mass is 709 g/mol. The van der Waals surface area contributed by atoms with E-state index in [-0.39, 0.29) is 29.3 Å². The molecule has 2 aromatic carbocycles. The number of aryl methyl sites for hydroxylation is 1. The number of methoxy groups -OCH3 is 1. The maximum Gasteiger partial charge on any atom is 0.268 e. The van der Waals surface area contributed by atoms with Crippen molar-refractivity contribution in [2.75, 3.05) is 18.1 Å². The Morgan fingerprint density at radius 1 is 1.13 bits per heavy atom. The van der Waals surface area contributed by atoms with Crippen molar-refractivity contribution in [1.29, 1.82) is 0 Å². The Kier molecular flexibility index (Phi) is 11.6. The number of anilines is 1. The topological polar surface area (TPSA) is 93.0 Å². The molecule has 246 valence electrons. The summed E-state index contributed by atoms with van der Waals surface area (Å²) in [7, 11) is -2.63. The first-order valence-electron chi connectivity index (χ1n) is 16.3. The van der Waals surface area contributed by atoms with Gasteiger partial charge in [0.25, 0.3) is 10.0 Å². The first-order valence-corrected chi connectivity index (χ1v) is 18.9. The minimum Gasteiger partial charge on any atom is -0.363 e. The fourth-order valence-electron chi connectivity index (χ4n) is 6.07. The van der Waals surface area contributed by atoms with Crippen molar-refractivity contribution in [3.63, 3.8) is 0 Å². The SMILES string of the molecule is CCCCC1=C=CCCCCCC(=O)N1Cc1ccc(-c2ccccc2S(=O)(=O)N(COC)c2noc(C)c2C2CC2)c(CBr)c1. The third-order valence-corrected chi connectivity index (χ3v) is 11.0. The van der Waals surface area contributed by atoms with Gasteiger partial charge in [-0.25, -0.2) is 12.7 Å². The molecule has 10 heteroatoms. The average molecular weight is 711 g/mol. The number of unbranched alkanes of at least 4 members (excludes halogenated alkanes) is 1. The molecule has 2 heterocycles. The summed E-state index contributed by atoms with van der Waals surface area (Å²) in [5, 5.41) is 4.69. The number of ether oxygens (including phenoxy) is 1. The van der Waals surface area contributed by atoms with Crippen LogP contribution in [0.3, 0.4) is 0 Å². The number of nitrogens with zero attached hydrogens (tertiary/aromatic N) is 3. The van der Waals surface area contributed by atoms with E-state index >= 15 is 0 Å². The summed E-state index contributed by atoms with van der Waals surface area (Å²) in [6.45, 7) is 4.22. The molecule has 0 N–H and O–H groups in total. The fraction of sp³-hybridized carbons (Fsp3) is 0.472. The number of halogens is 1. The van der Waals surface area contributed by atoms with Crippen LogP contribution in [0, 0.1) is 6.92 Å². The van der Waals surface area contributed by atoms with Gasteiger partial charge in [-0.05, 0) is 86.6 Å². The normalized spacial score (nSPS) is 16.0. The minimum absolute atomic E-state index is 0.127. The summed E-state index contributed by atoms with van der Waals surface area (Å²) in [5.41, 5.74) is 8.52. The molecule has 0 spiro atoms. The second kappa shape index (κ2) is 15.6. The second-order valence-electron chi connectivity index (χ2n) is 12.1. The number of carbonyl (C=O) groups excluding carboxylic acids is 1. The number of rotatable bonds is 13. The number of alkyl halides is 1. The van der Waals surface area contributed by atoms with Gasteiger partial charge in [0, 0.05) is 30.0 Å². The Morgan fingerprint density at radius 3 is 2.67 bits per heavy atom. The first-order chi connectivity index (χ1) is 22.3. The van der Waals surface area contributed by atoms with Gasteiger partial charge in [0.15, 0.2) is 5.82 Å². The van der Waals surface area contributed by atoms with Crippen molar-refractivity contribution in [1.82, 2.24) is 10.1 Å². The smallest absolute Gasteiger partial charge is 0.268 e. The number of allylic oxidation sites excluding steroid dienone is 1. The molecule has 1 aromatic heterocycles.